The molecule has 3 aromatic carbocycles. The van der Waals surface area contributed by atoms with E-state index in [1.807, 2.05) is 84.6 Å². The van der Waals surface area contributed by atoms with Gasteiger partial charge in [0.25, 0.3) is 5.91 Å². The summed E-state index contributed by atoms with van der Waals surface area (Å²) in [7, 11) is 0. The van der Waals surface area contributed by atoms with Crippen LogP contribution in [0.1, 0.15) is 16.7 Å². The number of nitriles is 1. The van der Waals surface area contributed by atoms with Crippen LogP contribution in [-0.4, -0.2) is 10.8 Å². The maximum atomic E-state index is 12.7. The molecule has 0 radical (unpaired) electrons. The normalized spacial score (nSPS) is 10.9. The van der Waals surface area contributed by atoms with Gasteiger partial charge in [0, 0.05) is 30.0 Å². The summed E-state index contributed by atoms with van der Waals surface area (Å²) in [5.74, 6) is -0.469. The van der Waals surface area contributed by atoms with E-state index in [1.54, 1.807) is 18.3 Å². The molecule has 0 heterocycles. The molecule has 0 saturated heterocycles. The van der Waals surface area contributed by atoms with Crippen molar-refractivity contribution >= 4 is 23.2 Å². The van der Waals surface area contributed by atoms with Gasteiger partial charge in [-0.3, -0.25) is 4.79 Å². The van der Waals surface area contributed by atoms with Crippen LogP contribution < -0.4 is 5.32 Å². The standard InChI is InChI=1S/C25H22ClN3O/c1-19-12-13-23(14-24(19)26)28-25(30)22(15-27)18-29(16-20-8-4-2-5-9-20)17-21-10-6-3-7-11-21/h2-14,18H,16-17H2,1H3,(H,28,30)/b22-18-. The highest BCUT2D eigenvalue weighted by Gasteiger charge is 2.13. The summed E-state index contributed by atoms with van der Waals surface area (Å²) in [4.78, 5) is 14.7. The van der Waals surface area contributed by atoms with Crippen LogP contribution in [0.25, 0.3) is 0 Å². The van der Waals surface area contributed by atoms with Gasteiger partial charge in [0.15, 0.2) is 0 Å². The zero-order chi connectivity index (χ0) is 21.3. The van der Waals surface area contributed by atoms with Gasteiger partial charge >= 0.3 is 0 Å². The number of nitrogens with one attached hydrogen (secondary N) is 1. The Hall–Kier alpha value is -3.55. The van der Waals surface area contributed by atoms with Crippen molar-refractivity contribution in [1.29, 1.82) is 5.26 Å². The van der Waals surface area contributed by atoms with Crippen LogP contribution >= 0.6 is 11.6 Å². The first kappa shape index (κ1) is 21.2. The number of nitrogens with zero attached hydrogens (tertiary/aromatic N) is 2. The summed E-state index contributed by atoms with van der Waals surface area (Å²) in [5.41, 5.74) is 3.68. The third-order valence-corrected chi connectivity index (χ3v) is 4.97. The molecule has 0 bridgehead atoms. The smallest absolute Gasteiger partial charge is 0.267 e. The average molecular weight is 416 g/mol. The second kappa shape index (κ2) is 10.3. The summed E-state index contributed by atoms with van der Waals surface area (Å²) in [6, 6.07) is 27.2. The third kappa shape index (κ3) is 5.97. The number of benzene rings is 3. The number of rotatable bonds is 7. The van der Waals surface area contributed by atoms with Crippen molar-refractivity contribution in [3.63, 3.8) is 0 Å². The van der Waals surface area contributed by atoms with Gasteiger partial charge in [-0.25, -0.2) is 0 Å². The highest BCUT2D eigenvalue weighted by molar-refractivity contribution is 6.31. The topological polar surface area (TPSA) is 56.1 Å². The van der Waals surface area contributed by atoms with Gasteiger partial charge in [-0.2, -0.15) is 5.26 Å². The van der Waals surface area contributed by atoms with E-state index in [9.17, 15) is 10.1 Å². The minimum Gasteiger partial charge on any atom is -0.367 e. The number of amides is 1. The van der Waals surface area contributed by atoms with Crippen LogP contribution in [-0.2, 0) is 17.9 Å². The van der Waals surface area contributed by atoms with Crippen molar-refractivity contribution < 1.29 is 4.79 Å². The molecule has 0 aromatic heterocycles. The van der Waals surface area contributed by atoms with E-state index >= 15 is 0 Å². The highest BCUT2D eigenvalue weighted by atomic mass is 35.5. The summed E-state index contributed by atoms with van der Waals surface area (Å²) in [6.45, 7) is 3.04. The monoisotopic (exact) mass is 415 g/mol. The molecule has 4 nitrogen and oxygen atoms in total. The Balaban J connectivity index is 1.83. The van der Waals surface area contributed by atoms with E-state index in [-0.39, 0.29) is 5.57 Å². The third-order valence-electron chi connectivity index (χ3n) is 4.56. The first-order valence-corrected chi connectivity index (χ1v) is 9.94. The van der Waals surface area contributed by atoms with Crippen molar-refractivity contribution in [3.05, 3.63) is 112 Å². The fraction of sp³-hybridized carbons (Fsp3) is 0.120. The highest BCUT2D eigenvalue weighted by Crippen LogP contribution is 2.20. The van der Waals surface area contributed by atoms with Crippen molar-refractivity contribution in [1.82, 2.24) is 4.90 Å². The van der Waals surface area contributed by atoms with Gasteiger partial charge in [-0.15, -0.1) is 0 Å². The van der Waals surface area contributed by atoms with Gasteiger partial charge in [0.05, 0.1) is 0 Å². The van der Waals surface area contributed by atoms with E-state index in [0.717, 1.165) is 16.7 Å². The Morgan fingerprint density at radius 2 is 1.57 bits per heavy atom. The molecule has 150 valence electrons. The Labute approximate surface area is 182 Å². The first-order valence-electron chi connectivity index (χ1n) is 9.56. The van der Waals surface area contributed by atoms with Gasteiger partial charge in [0.2, 0.25) is 0 Å². The predicted molar refractivity (Wildman–Crippen MR) is 121 cm³/mol. The van der Waals surface area contributed by atoms with Crippen molar-refractivity contribution in [2.45, 2.75) is 20.0 Å². The Kier molecular flexibility index (Phi) is 7.26. The van der Waals surface area contributed by atoms with Crippen LogP contribution in [0, 0.1) is 18.3 Å². The molecule has 3 aromatic rings. The van der Waals surface area contributed by atoms with Crippen LogP contribution in [0.2, 0.25) is 5.02 Å². The molecule has 0 aliphatic rings. The molecule has 5 heteroatoms. The zero-order valence-electron chi connectivity index (χ0n) is 16.7. The van der Waals surface area contributed by atoms with E-state index < -0.39 is 5.91 Å². The molecule has 1 amide bonds. The number of aryl methyl sites for hydroxylation is 1. The molecule has 3 rings (SSSR count). The molecule has 0 aliphatic heterocycles. The average Bonchev–Trinajstić information content (AvgIpc) is 2.76. The predicted octanol–water partition coefficient (Wildman–Crippen LogP) is 5.70. The molecular formula is C25H22ClN3O. The lowest BCUT2D eigenvalue weighted by atomic mass is 10.1. The van der Waals surface area contributed by atoms with Gasteiger partial charge in [0.1, 0.15) is 11.6 Å². The number of halogens is 1. The number of anilines is 1. The van der Waals surface area contributed by atoms with Crippen LogP contribution in [0.5, 0.6) is 0 Å². The molecular weight excluding hydrogens is 394 g/mol. The zero-order valence-corrected chi connectivity index (χ0v) is 17.4. The van der Waals surface area contributed by atoms with E-state index in [2.05, 4.69) is 5.32 Å². The lowest BCUT2D eigenvalue weighted by Gasteiger charge is -2.21. The molecule has 0 aliphatic carbocycles. The Morgan fingerprint density at radius 1 is 1.00 bits per heavy atom. The van der Waals surface area contributed by atoms with Gasteiger partial charge < -0.3 is 10.2 Å². The second-order valence-electron chi connectivity index (χ2n) is 6.95. The summed E-state index contributed by atoms with van der Waals surface area (Å²) in [5, 5.41) is 12.9. The van der Waals surface area contributed by atoms with Crippen molar-refractivity contribution in [2.24, 2.45) is 0 Å². The fourth-order valence-electron chi connectivity index (χ4n) is 2.97. The molecule has 1 N–H and O–H groups in total. The van der Waals surface area contributed by atoms with Crippen molar-refractivity contribution in [3.8, 4) is 6.07 Å². The number of hydrogen-bond acceptors (Lipinski definition) is 3. The summed E-state index contributed by atoms with van der Waals surface area (Å²) in [6.07, 6.45) is 1.62. The summed E-state index contributed by atoms with van der Waals surface area (Å²) < 4.78 is 0. The molecule has 0 fully saturated rings. The van der Waals surface area contributed by atoms with E-state index in [0.29, 0.717) is 23.8 Å². The maximum Gasteiger partial charge on any atom is 0.267 e. The Bertz CT molecular complexity index is 1030. The summed E-state index contributed by atoms with van der Waals surface area (Å²) >= 11 is 6.14. The molecule has 0 saturated carbocycles. The number of hydrogen-bond donors (Lipinski definition) is 1. The van der Waals surface area contributed by atoms with Crippen LogP contribution in [0.3, 0.4) is 0 Å². The molecule has 0 spiro atoms. The fourth-order valence-corrected chi connectivity index (χ4v) is 3.15. The van der Waals surface area contributed by atoms with E-state index in [4.69, 9.17) is 11.6 Å². The Morgan fingerprint density at radius 3 is 2.07 bits per heavy atom. The quantitative estimate of drug-likeness (QED) is 0.398. The number of carbonyl (C=O) groups is 1. The van der Waals surface area contributed by atoms with Gasteiger partial charge in [-0.1, -0.05) is 78.3 Å². The minimum absolute atomic E-state index is 0.0264. The maximum absolute atomic E-state index is 12.7. The lowest BCUT2D eigenvalue weighted by Crippen LogP contribution is -2.21. The minimum atomic E-state index is -0.469. The molecule has 0 unspecified atom stereocenters. The molecule has 30 heavy (non-hydrogen) atoms. The lowest BCUT2D eigenvalue weighted by molar-refractivity contribution is -0.112. The van der Waals surface area contributed by atoms with Crippen LogP contribution in [0.15, 0.2) is 90.6 Å². The number of carbonyl (C=O) groups excluding carboxylic acids is 1. The van der Waals surface area contributed by atoms with Crippen LogP contribution in [0.4, 0.5) is 5.69 Å². The second-order valence-corrected chi connectivity index (χ2v) is 7.36. The van der Waals surface area contributed by atoms with E-state index in [1.165, 1.54) is 0 Å². The van der Waals surface area contributed by atoms with Gasteiger partial charge in [-0.05, 0) is 35.7 Å². The van der Waals surface area contributed by atoms with Crippen molar-refractivity contribution in [2.75, 3.05) is 5.32 Å². The largest absolute Gasteiger partial charge is 0.367 e. The molecule has 0 atom stereocenters. The SMILES string of the molecule is Cc1ccc(NC(=O)/C(C#N)=C\N(Cc2ccccc2)Cc2ccccc2)cc1Cl. The first-order chi connectivity index (χ1) is 14.5.